The molecule has 1 unspecified atom stereocenters. The van der Waals surface area contributed by atoms with Crippen molar-refractivity contribution in [3.63, 3.8) is 0 Å². The summed E-state index contributed by atoms with van der Waals surface area (Å²) in [5.74, 6) is 0. The van der Waals surface area contributed by atoms with E-state index >= 15 is 0 Å². The van der Waals surface area contributed by atoms with Crippen molar-refractivity contribution in [1.82, 2.24) is 0 Å². The SMILES string of the molecule is c1ccc(N(c2ccc3c(c2)Sc2ccccc2S3)c2ccc3c(c2)C2(c4ccccc4S3)c3ccccc3-c3c(N(c4ccccc4)c4ccccc4)cccc32)cc1. The van der Waals surface area contributed by atoms with Gasteiger partial charge in [-0.15, -0.1) is 0 Å². The van der Waals surface area contributed by atoms with Crippen molar-refractivity contribution in [3.8, 4) is 11.1 Å². The normalized spacial score (nSPS) is 15.2. The van der Waals surface area contributed by atoms with Crippen LogP contribution >= 0.6 is 35.3 Å². The molecule has 0 fully saturated rings. The summed E-state index contributed by atoms with van der Waals surface area (Å²) < 4.78 is 0. The molecule has 2 aliphatic heterocycles. The van der Waals surface area contributed by atoms with Gasteiger partial charge in [0.1, 0.15) is 0 Å². The van der Waals surface area contributed by atoms with Crippen molar-refractivity contribution in [2.24, 2.45) is 0 Å². The summed E-state index contributed by atoms with van der Waals surface area (Å²) in [4.78, 5) is 12.6. The predicted molar refractivity (Wildman–Crippen MR) is 252 cm³/mol. The van der Waals surface area contributed by atoms with Crippen LogP contribution in [-0.4, -0.2) is 0 Å². The second-order valence-electron chi connectivity index (χ2n) is 15.2. The van der Waals surface area contributed by atoms with Crippen molar-refractivity contribution in [1.29, 1.82) is 0 Å². The molecule has 1 spiro atoms. The zero-order valence-corrected chi connectivity index (χ0v) is 34.9. The molecule has 60 heavy (non-hydrogen) atoms. The largest absolute Gasteiger partial charge is 0.310 e. The quantitative estimate of drug-likeness (QED) is 0.164. The zero-order valence-electron chi connectivity index (χ0n) is 32.4. The summed E-state index contributed by atoms with van der Waals surface area (Å²) >= 11 is 5.61. The van der Waals surface area contributed by atoms with Crippen LogP contribution in [0.1, 0.15) is 22.3 Å². The van der Waals surface area contributed by atoms with Crippen LogP contribution in [-0.2, 0) is 5.41 Å². The van der Waals surface area contributed by atoms with Gasteiger partial charge in [-0.05, 0) is 125 Å². The summed E-state index contributed by atoms with van der Waals surface area (Å²) in [7, 11) is 0. The first kappa shape index (κ1) is 35.6. The molecule has 0 bridgehead atoms. The zero-order chi connectivity index (χ0) is 39.6. The summed E-state index contributed by atoms with van der Waals surface area (Å²) in [6, 6.07) is 80.5. The molecule has 3 aliphatic rings. The molecule has 0 amide bonds. The van der Waals surface area contributed by atoms with Crippen molar-refractivity contribution in [2.75, 3.05) is 9.80 Å². The topological polar surface area (TPSA) is 6.48 Å². The van der Waals surface area contributed by atoms with E-state index in [1.807, 2.05) is 35.3 Å². The lowest BCUT2D eigenvalue weighted by Crippen LogP contribution is -2.32. The Hall–Kier alpha value is -6.37. The molecule has 2 heterocycles. The number of rotatable bonds is 6. The number of hydrogen-bond donors (Lipinski definition) is 0. The van der Waals surface area contributed by atoms with Gasteiger partial charge in [0.2, 0.25) is 0 Å². The van der Waals surface area contributed by atoms with Gasteiger partial charge < -0.3 is 9.80 Å². The fourth-order valence-electron chi connectivity index (χ4n) is 9.50. The smallest absolute Gasteiger partial charge is 0.0736 e. The van der Waals surface area contributed by atoms with Gasteiger partial charge in [-0.3, -0.25) is 0 Å². The average molecular weight is 821 g/mol. The lowest BCUT2D eigenvalue weighted by atomic mass is 9.67. The number of hydrogen-bond acceptors (Lipinski definition) is 5. The minimum Gasteiger partial charge on any atom is -0.310 e. The van der Waals surface area contributed by atoms with Gasteiger partial charge in [-0.25, -0.2) is 0 Å². The Morgan fingerprint density at radius 2 is 0.750 bits per heavy atom. The van der Waals surface area contributed by atoms with E-state index in [-0.39, 0.29) is 0 Å². The number of fused-ring (bicyclic) bond motifs is 11. The van der Waals surface area contributed by atoms with Crippen LogP contribution < -0.4 is 9.80 Å². The van der Waals surface area contributed by atoms with Gasteiger partial charge in [0, 0.05) is 63.4 Å². The molecule has 1 aliphatic carbocycles. The molecule has 0 saturated carbocycles. The highest BCUT2D eigenvalue weighted by molar-refractivity contribution is 8.05. The summed E-state index contributed by atoms with van der Waals surface area (Å²) in [6.07, 6.45) is 0. The molecule has 5 heteroatoms. The first-order chi connectivity index (χ1) is 29.8. The Morgan fingerprint density at radius 1 is 0.283 bits per heavy atom. The van der Waals surface area contributed by atoms with E-state index in [0.717, 1.165) is 28.4 Å². The molecule has 1 atom stereocenters. The second-order valence-corrected chi connectivity index (χ2v) is 18.5. The maximum absolute atomic E-state index is 2.49. The van der Waals surface area contributed by atoms with Crippen molar-refractivity contribution >= 4 is 69.4 Å². The van der Waals surface area contributed by atoms with Crippen LogP contribution in [0.5, 0.6) is 0 Å². The van der Waals surface area contributed by atoms with Crippen molar-refractivity contribution in [2.45, 2.75) is 34.8 Å². The molecular formula is C55H36N2S3. The molecule has 0 radical (unpaired) electrons. The molecule has 2 nitrogen and oxygen atoms in total. The van der Waals surface area contributed by atoms with E-state index in [9.17, 15) is 0 Å². The van der Waals surface area contributed by atoms with Gasteiger partial charge in [-0.2, -0.15) is 0 Å². The summed E-state index contributed by atoms with van der Waals surface area (Å²) in [6.45, 7) is 0. The molecule has 0 saturated heterocycles. The first-order valence-corrected chi connectivity index (χ1v) is 22.7. The Balaban J connectivity index is 1.10. The number of anilines is 6. The van der Waals surface area contributed by atoms with Crippen LogP contribution in [0.25, 0.3) is 11.1 Å². The Bertz CT molecular complexity index is 3060. The molecule has 0 aromatic heterocycles. The third kappa shape index (κ3) is 5.54. The predicted octanol–water partition coefficient (Wildman–Crippen LogP) is 16.1. The molecule has 0 N–H and O–H groups in total. The third-order valence-corrected chi connectivity index (χ3v) is 15.6. The highest BCUT2D eigenvalue weighted by Gasteiger charge is 2.51. The van der Waals surface area contributed by atoms with E-state index in [1.54, 1.807) is 0 Å². The highest BCUT2D eigenvalue weighted by atomic mass is 32.2. The summed E-state index contributed by atoms with van der Waals surface area (Å²) in [5, 5.41) is 0. The maximum Gasteiger partial charge on any atom is 0.0736 e. The number of benzene rings is 9. The molecular weight excluding hydrogens is 785 g/mol. The second kappa shape index (κ2) is 14.4. The minimum absolute atomic E-state index is 0.567. The minimum atomic E-state index is -0.567. The van der Waals surface area contributed by atoms with E-state index < -0.39 is 5.41 Å². The molecule has 284 valence electrons. The van der Waals surface area contributed by atoms with Gasteiger partial charge in [0.15, 0.2) is 0 Å². The van der Waals surface area contributed by atoms with Gasteiger partial charge in [-0.1, -0.05) is 157 Å². The van der Waals surface area contributed by atoms with Gasteiger partial charge in [0.05, 0.1) is 11.1 Å². The Kier molecular flexibility index (Phi) is 8.55. The lowest BCUT2D eigenvalue weighted by Gasteiger charge is -2.40. The Labute approximate surface area is 363 Å². The van der Waals surface area contributed by atoms with Gasteiger partial charge in [0.25, 0.3) is 0 Å². The first-order valence-electron chi connectivity index (χ1n) is 20.3. The van der Waals surface area contributed by atoms with E-state index in [4.69, 9.17) is 0 Å². The third-order valence-electron chi connectivity index (χ3n) is 11.9. The van der Waals surface area contributed by atoms with Crippen LogP contribution in [0.2, 0.25) is 0 Å². The van der Waals surface area contributed by atoms with E-state index in [0.29, 0.717) is 0 Å². The van der Waals surface area contributed by atoms with Crippen LogP contribution in [0, 0.1) is 0 Å². The highest BCUT2D eigenvalue weighted by Crippen LogP contribution is 2.64. The number of para-hydroxylation sites is 3. The van der Waals surface area contributed by atoms with Crippen LogP contribution in [0.4, 0.5) is 34.1 Å². The summed E-state index contributed by atoms with van der Waals surface area (Å²) in [5.41, 5.74) is 14.0. The van der Waals surface area contributed by atoms with Crippen LogP contribution in [0.3, 0.4) is 0 Å². The van der Waals surface area contributed by atoms with Gasteiger partial charge >= 0.3 is 0 Å². The standard InChI is InChI=1S/C55H36N2S3/c1-4-17-37(18-5-1)56(41-32-34-52-53(36-41)60-51-30-15-14-29-50(51)59-52)40-31-33-49-46(35-40)55(44-25-12-13-28-48(44)58-49)43-24-11-10-23-42(43)54-45(55)26-16-27-47(54)57(38-19-6-2-7-20-38)39-21-8-3-9-22-39/h1-36H. The van der Waals surface area contributed by atoms with Crippen LogP contribution in [0.15, 0.2) is 248 Å². The Morgan fingerprint density at radius 3 is 1.43 bits per heavy atom. The average Bonchev–Trinajstić information content (AvgIpc) is 3.61. The fourth-order valence-corrected chi connectivity index (χ4v) is 12.9. The van der Waals surface area contributed by atoms with E-state index in [1.165, 1.54) is 68.4 Å². The van der Waals surface area contributed by atoms with E-state index in [2.05, 4.69) is 228 Å². The molecule has 12 rings (SSSR count). The monoisotopic (exact) mass is 820 g/mol. The maximum atomic E-state index is 2.49. The molecule has 9 aromatic carbocycles. The van der Waals surface area contributed by atoms with Crippen molar-refractivity contribution < 1.29 is 0 Å². The lowest BCUT2D eigenvalue weighted by molar-refractivity contribution is 0.722. The number of nitrogens with zero attached hydrogens (tertiary/aromatic N) is 2. The fraction of sp³-hybridized carbons (Fsp3) is 0.0182. The molecule has 9 aromatic rings. The van der Waals surface area contributed by atoms with Crippen molar-refractivity contribution in [3.05, 3.63) is 241 Å².